The average Bonchev–Trinajstić information content (AvgIpc) is 2.15. The fraction of sp³-hybridized carbons (Fsp3) is 0.889. The molecule has 0 aromatic rings. The lowest BCUT2D eigenvalue weighted by molar-refractivity contribution is 0.183. The van der Waals surface area contributed by atoms with Crippen LogP contribution in [-0.2, 0) is 4.79 Å². The maximum absolute atomic E-state index is 10.6. The molecule has 1 atom stereocenters. The molecule has 4 heteroatoms. The molecule has 1 aliphatic rings. The second kappa shape index (κ2) is 5.32. The first-order valence-electron chi connectivity index (χ1n) is 4.71. The van der Waals surface area contributed by atoms with Gasteiger partial charge < -0.3 is 10.2 Å². The molecule has 0 aliphatic carbocycles. The van der Waals surface area contributed by atoms with Gasteiger partial charge in [-0.1, -0.05) is 0 Å². The van der Waals surface area contributed by atoms with Crippen LogP contribution in [0.25, 0.3) is 0 Å². The minimum absolute atomic E-state index is 0.0475. The summed E-state index contributed by atoms with van der Waals surface area (Å²) in [6.45, 7) is 4.63. The maximum atomic E-state index is 10.6. The molecule has 4 nitrogen and oxygen atoms in total. The summed E-state index contributed by atoms with van der Waals surface area (Å²) in [6, 6.07) is -0.0475. The number of carbonyl (C=O) groups excluding carboxylic acids is 1. The fourth-order valence-electron chi connectivity index (χ4n) is 1.46. The van der Waals surface area contributed by atoms with Gasteiger partial charge >= 0.3 is 0 Å². The van der Waals surface area contributed by atoms with E-state index in [0.717, 1.165) is 32.7 Å². The molecule has 13 heavy (non-hydrogen) atoms. The van der Waals surface area contributed by atoms with E-state index in [-0.39, 0.29) is 6.04 Å². The molecule has 1 rings (SSSR count). The second-order valence-corrected chi connectivity index (χ2v) is 3.68. The van der Waals surface area contributed by atoms with Crippen molar-refractivity contribution in [3.63, 3.8) is 0 Å². The van der Waals surface area contributed by atoms with Crippen LogP contribution in [0.5, 0.6) is 0 Å². The summed E-state index contributed by atoms with van der Waals surface area (Å²) in [6.07, 6.45) is 2.07. The van der Waals surface area contributed by atoms with E-state index in [2.05, 4.69) is 21.4 Å². The quantitative estimate of drug-likeness (QED) is 0.603. The zero-order valence-electron chi connectivity index (χ0n) is 8.42. The Morgan fingerprint density at radius 1 is 1.62 bits per heavy atom. The van der Waals surface area contributed by atoms with Crippen molar-refractivity contribution in [2.24, 2.45) is 0 Å². The molecule has 0 bridgehead atoms. The largest absolute Gasteiger partial charge is 0.313 e. The number of nitrogens with zero attached hydrogens (tertiary/aromatic N) is 2. The number of hydrogen-bond donors (Lipinski definition) is 1. The van der Waals surface area contributed by atoms with Crippen molar-refractivity contribution in [1.29, 1.82) is 0 Å². The summed E-state index contributed by atoms with van der Waals surface area (Å²) in [7, 11) is 4.09. The highest BCUT2D eigenvalue weighted by molar-refractivity contribution is 5.59. The Kier molecular flexibility index (Phi) is 4.35. The molecule has 0 aromatic carbocycles. The van der Waals surface area contributed by atoms with Gasteiger partial charge in [-0.15, -0.1) is 0 Å². The van der Waals surface area contributed by atoms with Gasteiger partial charge in [-0.25, -0.2) is 0 Å². The molecule has 1 radical (unpaired) electrons. The first-order chi connectivity index (χ1) is 6.24. The zero-order valence-corrected chi connectivity index (χ0v) is 8.42. The van der Waals surface area contributed by atoms with Crippen LogP contribution in [0, 0.1) is 0 Å². The van der Waals surface area contributed by atoms with Gasteiger partial charge in [-0.05, 0) is 14.1 Å². The van der Waals surface area contributed by atoms with Gasteiger partial charge in [-0.3, -0.25) is 9.69 Å². The highest BCUT2D eigenvalue weighted by atomic mass is 16.1. The molecule has 0 saturated carbocycles. The van der Waals surface area contributed by atoms with E-state index in [1.54, 1.807) is 0 Å². The first-order valence-corrected chi connectivity index (χ1v) is 4.71. The van der Waals surface area contributed by atoms with Crippen LogP contribution >= 0.6 is 0 Å². The van der Waals surface area contributed by atoms with E-state index >= 15 is 0 Å². The van der Waals surface area contributed by atoms with E-state index in [1.807, 2.05) is 14.1 Å². The van der Waals surface area contributed by atoms with Gasteiger partial charge in [0.05, 0.1) is 6.04 Å². The Morgan fingerprint density at radius 3 is 3.00 bits per heavy atom. The Balaban J connectivity index is 2.31. The van der Waals surface area contributed by atoms with Crippen LogP contribution in [0.2, 0.25) is 0 Å². The number of likely N-dealkylation sites (N-methyl/N-ethyl adjacent to an activating group) is 1. The molecule has 1 saturated heterocycles. The SMILES string of the molecule is CN(C)CCN1CCNCC1[C]=O. The van der Waals surface area contributed by atoms with Crippen molar-refractivity contribution < 1.29 is 4.79 Å². The Morgan fingerprint density at radius 2 is 2.38 bits per heavy atom. The van der Waals surface area contributed by atoms with Crippen LogP contribution in [0.15, 0.2) is 0 Å². The van der Waals surface area contributed by atoms with E-state index in [0.29, 0.717) is 0 Å². The second-order valence-electron chi connectivity index (χ2n) is 3.68. The molecule has 1 unspecified atom stereocenters. The fourth-order valence-corrected chi connectivity index (χ4v) is 1.46. The van der Waals surface area contributed by atoms with Gasteiger partial charge in [0.15, 0.2) is 0 Å². The van der Waals surface area contributed by atoms with Crippen molar-refractivity contribution in [2.45, 2.75) is 6.04 Å². The highest BCUT2D eigenvalue weighted by Gasteiger charge is 2.21. The van der Waals surface area contributed by atoms with E-state index in [9.17, 15) is 4.79 Å². The lowest BCUT2D eigenvalue weighted by atomic mass is 10.2. The molecule has 1 aliphatic heterocycles. The van der Waals surface area contributed by atoms with Crippen LogP contribution in [-0.4, -0.2) is 68.9 Å². The minimum Gasteiger partial charge on any atom is -0.313 e. The molecular formula is C9H18N3O. The Hall–Kier alpha value is -0.450. The Bertz CT molecular complexity index is 161. The van der Waals surface area contributed by atoms with Gasteiger partial charge in [0.1, 0.15) is 0 Å². The molecule has 0 amide bonds. The standard InChI is InChI=1S/C9H18N3O/c1-11(2)5-6-12-4-3-10-7-9(12)8-13/h9-10H,3-7H2,1-2H3. The monoisotopic (exact) mass is 184 g/mol. The van der Waals surface area contributed by atoms with Crippen molar-refractivity contribution in [1.82, 2.24) is 15.1 Å². The summed E-state index contributed by atoms with van der Waals surface area (Å²) >= 11 is 0. The number of nitrogens with one attached hydrogen (secondary N) is 1. The predicted octanol–water partition coefficient (Wildman–Crippen LogP) is -1.07. The number of rotatable bonds is 4. The van der Waals surface area contributed by atoms with Crippen molar-refractivity contribution >= 4 is 6.29 Å². The number of piperazine rings is 1. The Labute approximate surface area is 79.9 Å². The molecule has 0 aromatic heterocycles. The smallest absolute Gasteiger partial charge is 0.218 e. The third-order valence-corrected chi connectivity index (χ3v) is 2.32. The molecular weight excluding hydrogens is 166 g/mol. The summed E-state index contributed by atoms with van der Waals surface area (Å²) < 4.78 is 0. The molecule has 1 N–H and O–H groups in total. The van der Waals surface area contributed by atoms with E-state index < -0.39 is 0 Å². The molecule has 0 spiro atoms. The van der Waals surface area contributed by atoms with Crippen molar-refractivity contribution in [3.05, 3.63) is 0 Å². The third-order valence-electron chi connectivity index (χ3n) is 2.32. The maximum Gasteiger partial charge on any atom is 0.218 e. The average molecular weight is 184 g/mol. The number of hydrogen-bond acceptors (Lipinski definition) is 4. The van der Waals surface area contributed by atoms with E-state index in [4.69, 9.17) is 0 Å². The van der Waals surface area contributed by atoms with E-state index in [1.165, 1.54) is 0 Å². The summed E-state index contributed by atoms with van der Waals surface area (Å²) in [4.78, 5) is 14.9. The van der Waals surface area contributed by atoms with Gasteiger partial charge in [-0.2, -0.15) is 0 Å². The van der Waals surface area contributed by atoms with Gasteiger partial charge in [0, 0.05) is 32.7 Å². The highest BCUT2D eigenvalue weighted by Crippen LogP contribution is 1.99. The normalized spacial score (nSPS) is 25.0. The lowest BCUT2D eigenvalue weighted by Crippen LogP contribution is -2.53. The molecule has 1 fully saturated rings. The van der Waals surface area contributed by atoms with Gasteiger partial charge in [0.2, 0.25) is 6.29 Å². The summed E-state index contributed by atoms with van der Waals surface area (Å²) in [5.41, 5.74) is 0. The third kappa shape index (κ3) is 3.42. The first kappa shape index (κ1) is 10.6. The van der Waals surface area contributed by atoms with Gasteiger partial charge in [0.25, 0.3) is 0 Å². The molecule has 75 valence electrons. The topological polar surface area (TPSA) is 35.6 Å². The zero-order chi connectivity index (χ0) is 9.68. The predicted molar refractivity (Wildman–Crippen MR) is 52.5 cm³/mol. The van der Waals surface area contributed by atoms with Crippen LogP contribution < -0.4 is 5.32 Å². The van der Waals surface area contributed by atoms with Crippen molar-refractivity contribution in [3.8, 4) is 0 Å². The summed E-state index contributed by atoms with van der Waals surface area (Å²) in [5, 5.41) is 3.19. The molecule has 1 heterocycles. The summed E-state index contributed by atoms with van der Waals surface area (Å²) in [5.74, 6) is 0. The van der Waals surface area contributed by atoms with Crippen molar-refractivity contribution in [2.75, 3.05) is 46.8 Å². The van der Waals surface area contributed by atoms with Crippen LogP contribution in [0.3, 0.4) is 0 Å². The lowest BCUT2D eigenvalue weighted by Gasteiger charge is -2.32. The van der Waals surface area contributed by atoms with Crippen LogP contribution in [0.1, 0.15) is 0 Å². The van der Waals surface area contributed by atoms with Crippen LogP contribution in [0.4, 0.5) is 0 Å². The minimum atomic E-state index is -0.0475.